The van der Waals surface area contributed by atoms with Gasteiger partial charge in [0.05, 0.1) is 6.61 Å². The molecule has 0 bridgehead atoms. The molecule has 0 radical (unpaired) electrons. The molecule has 0 spiro atoms. The van der Waals surface area contributed by atoms with Crippen LogP contribution in [0.1, 0.15) is 26.3 Å². The first kappa shape index (κ1) is 13.6. The van der Waals surface area contributed by atoms with Gasteiger partial charge in [0.15, 0.2) is 0 Å². The Bertz CT molecular complexity index is 376. The maximum atomic E-state index is 11.3. The number of carbonyl (C=O) groups excluding carboxylic acids is 1. The van der Waals surface area contributed by atoms with Gasteiger partial charge in [-0.1, -0.05) is 18.2 Å². The lowest BCUT2D eigenvalue weighted by Crippen LogP contribution is -2.34. The molecular formula is C14H21NO2. The van der Waals surface area contributed by atoms with E-state index in [4.69, 9.17) is 4.74 Å². The van der Waals surface area contributed by atoms with Gasteiger partial charge in [-0.2, -0.15) is 0 Å². The highest BCUT2D eigenvalue weighted by Crippen LogP contribution is 2.20. The van der Waals surface area contributed by atoms with Crippen LogP contribution in [0.25, 0.3) is 0 Å². The summed E-state index contributed by atoms with van der Waals surface area (Å²) in [4.78, 5) is 13.0. The predicted octanol–water partition coefficient (Wildman–Crippen LogP) is 2.49. The first-order valence-electron chi connectivity index (χ1n) is 6.00. The van der Waals surface area contributed by atoms with Gasteiger partial charge in [-0.05, 0) is 31.9 Å². The molecule has 1 atom stereocenters. The molecule has 3 nitrogen and oxygen atoms in total. The number of carbonyl (C=O) groups is 1. The second kappa shape index (κ2) is 6.28. The van der Waals surface area contributed by atoms with Gasteiger partial charge in [-0.15, -0.1) is 0 Å². The number of benzene rings is 1. The highest BCUT2D eigenvalue weighted by atomic mass is 16.5. The maximum absolute atomic E-state index is 11.3. The van der Waals surface area contributed by atoms with E-state index in [-0.39, 0.29) is 11.9 Å². The molecule has 94 valence electrons. The van der Waals surface area contributed by atoms with Crippen LogP contribution in [-0.4, -0.2) is 30.5 Å². The van der Waals surface area contributed by atoms with Gasteiger partial charge in [0.1, 0.15) is 5.75 Å². The van der Waals surface area contributed by atoms with E-state index in [9.17, 15) is 4.79 Å². The van der Waals surface area contributed by atoms with Crippen LogP contribution in [0.2, 0.25) is 0 Å². The molecule has 0 fully saturated rings. The summed E-state index contributed by atoms with van der Waals surface area (Å²) in [5.74, 6) is 1.00. The van der Waals surface area contributed by atoms with Gasteiger partial charge < -0.3 is 9.64 Å². The summed E-state index contributed by atoms with van der Waals surface area (Å²) in [7, 11) is 1.83. The van der Waals surface area contributed by atoms with E-state index in [1.165, 1.54) is 0 Å². The summed E-state index contributed by atoms with van der Waals surface area (Å²) >= 11 is 0. The van der Waals surface area contributed by atoms with Crippen LogP contribution in [0.5, 0.6) is 5.75 Å². The summed E-state index contributed by atoms with van der Waals surface area (Å²) in [6, 6.07) is 8.16. The van der Waals surface area contributed by atoms with Gasteiger partial charge in [0.25, 0.3) is 0 Å². The molecule has 0 aliphatic rings. The van der Waals surface area contributed by atoms with Crippen LogP contribution in [-0.2, 0) is 11.2 Å². The topological polar surface area (TPSA) is 29.5 Å². The van der Waals surface area contributed by atoms with Crippen LogP contribution < -0.4 is 4.74 Å². The Balaban J connectivity index is 2.76. The molecular weight excluding hydrogens is 214 g/mol. The molecule has 1 aromatic rings. The second-order valence-electron chi connectivity index (χ2n) is 4.22. The first-order valence-corrected chi connectivity index (χ1v) is 6.00. The molecule has 17 heavy (non-hydrogen) atoms. The molecule has 0 aromatic heterocycles. The summed E-state index contributed by atoms with van der Waals surface area (Å²) < 4.78 is 5.57. The summed E-state index contributed by atoms with van der Waals surface area (Å²) in [5, 5.41) is 0. The third-order valence-electron chi connectivity index (χ3n) is 2.95. The van der Waals surface area contributed by atoms with Crippen molar-refractivity contribution < 1.29 is 9.53 Å². The minimum atomic E-state index is 0.0893. The predicted molar refractivity (Wildman–Crippen MR) is 69.2 cm³/mol. The van der Waals surface area contributed by atoms with Crippen molar-refractivity contribution in [3.63, 3.8) is 0 Å². The monoisotopic (exact) mass is 235 g/mol. The smallest absolute Gasteiger partial charge is 0.219 e. The summed E-state index contributed by atoms with van der Waals surface area (Å²) in [6.45, 7) is 6.27. The van der Waals surface area contributed by atoms with E-state index in [1.807, 2.05) is 39.1 Å². The molecule has 0 saturated carbocycles. The lowest BCUT2D eigenvalue weighted by Gasteiger charge is -2.24. The van der Waals surface area contributed by atoms with Crippen molar-refractivity contribution in [2.45, 2.75) is 33.2 Å². The van der Waals surface area contributed by atoms with Crippen LogP contribution in [0.15, 0.2) is 24.3 Å². The molecule has 0 aliphatic carbocycles. The van der Waals surface area contributed by atoms with Crippen molar-refractivity contribution in [3.8, 4) is 5.75 Å². The number of nitrogens with zero attached hydrogens (tertiary/aromatic N) is 1. The zero-order valence-corrected chi connectivity index (χ0v) is 11.1. The van der Waals surface area contributed by atoms with E-state index in [1.54, 1.807) is 11.8 Å². The van der Waals surface area contributed by atoms with Crippen LogP contribution >= 0.6 is 0 Å². The third-order valence-corrected chi connectivity index (χ3v) is 2.95. The van der Waals surface area contributed by atoms with Crippen LogP contribution in [0.4, 0.5) is 0 Å². The molecule has 0 saturated heterocycles. The zero-order valence-electron chi connectivity index (χ0n) is 11.1. The first-order chi connectivity index (χ1) is 8.06. The highest BCUT2D eigenvalue weighted by Gasteiger charge is 2.14. The fourth-order valence-corrected chi connectivity index (χ4v) is 1.73. The lowest BCUT2D eigenvalue weighted by atomic mass is 10.1. The number of rotatable bonds is 5. The van der Waals surface area contributed by atoms with Crippen molar-refractivity contribution in [2.75, 3.05) is 13.7 Å². The Morgan fingerprint density at radius 1 is 1.41 bits per heavy atom. The molecule has 0 aliphatic heterocycles. The fourth-order valence-electron chi connectivity index (χ4n) is 1.73. The van der Waals surface area contributed by atoms with Gasteiger partial charge in [0.2, 0.25) is 5.91 Å². The molecule has 1 unspecified atom stereocenters. The Hall–Kier alpha value is -1.51. The van der Waals surface area contributed by atoms with Gasteiger partial charge >= 0.3 is 0 Å². The van der Waals surface area contributed by atoms with E-state index in [0.717, 1.165) is 17.7 Å². The molecule has 1 rings (SSSR count). The largest absolute Gasteiger partial charge is 0.494 e. The molecule has 0 heterocycles. The Labute approximate surface area is 103 Å². The van der Waals surface area contributed by atoms with Gasteiger partial charge in [-0.3, -0.25) is 4.79 Å². The number of hydrogen-bond donors (Lipinski definition) is 0. The SMILES string of the molecule is CCOc1ccccc1CC(C)N(C)C(C)=O. The number of para-hydroxylation sites is 1. The van der Waals surface area contributed by atoms with Crippen LogP contribution in [0, 0.1) is 0 Å². The van der Waals surface area contributed by atoms with Crippen molar-refractivity contribution in [3.05, 3.63) is 29.8 Å². The Kier molecular flexibility index (Phi) is 5.01. The minimum Gasteiger partial charge on any atom is -0.494 e. The third kappa shape index (κ3) is 3.77. The maximum Gasteiger partial charge on any atom is 0.219 e. The molecule has 0 N–H and O–H groups in total. The number of likely N-dealkylation sites (N-methyl/N-ethyl adjacent to an activating group) is 1. The minimum absolute atomic E-state index is 0.0893. The fraction of sp³-hybridized carbons (Fsp3) is 0.500. The number of ether oxygens (including phenoxy) is 1. The number of amides is 1. The highest BCUT2D eigenvalue weighted by molar-refractivity contribution is 5.73. The molecule has 1 amide bonds. The van der Waals surface area contributed by atoms with E-state index >= 15 is 0 Å². The second-order valence-corrected chi connectivity index (χ2v) is 4.22. The van der Waals surface area contributed by atoms with Crippen LogP contribution in [0.3, 0.4) is 0 Å². The van der Waals surface area contributed by atoms with Crippen molar-refractivity contribution in [2.24, 2.45) is 0 Å². The zero-order chi connectivity index (χ0) is 12.8. The lowest BCUT2D eigenvalue weighted by molar-refractivity contribution is -0.129. The van der Waals surface area contributed by atoms with Crippen molar-refractivity contribution in [1.29, 1.82) is 0 Å². The van der Waals surface area contributed by atoms with E-state index in [0.29, 0.717) is 6.61 Å². The Morgan fingerprint density at radius 3 is 2.65 bits per heavy atom. The van der Waals surface area contributed by atoms with Gasteiger partial charge in [0, 0.05) is 20.0 Å². The van der Waals surface area contributed by atoms with E-state index in [2.05, 4.69) is 6.07 Å². The molecule has 1 aromatic carbocycles. The molecule has 3 heteroatoms. The number of hydrogen-bond acceptors (Lipinski definition) is 2. The van der Waals surface area contributed by atoms with E-state index < -0.39 is 0 Å². The average molecular weight is 235 g/mol. The van der Waals surface area contributed by atoms with Crippen molar-refractivity contribution >= 4 is 5.91 Å². The Morgan fingerprint density at radius 2 is 2.06 bits per heavy atom. The van der Waals surface area contributed by atoms with Gasteiger partial charge in [-0.25, -0.2) is 0 Å². The van der Waals surface area contributed by atoms with Crippen molar-refractivity contribution in [1.82, 2.24) is 4.90 Å². The summed E-state index contributed by atoms with van der Waals surface area (Å²) in [5.41, 5.74) is 1.15. The summed E-state index contributed by atoms with van der Waals surface area (Å²) in [6.07, 6.45) is 0.812. The average Bonchev–Trinajstić information content (AvgIpc) is 2.30. The standard InChI is InChI=1S/C14H21NO2/c1-5-17-14-9-7-6-8-13(14)10-11(2)15(4)12(3)16/h6-9,11H,5,10H2,1-4H3. The normalized spacial score (nSPS) is 12.0. The quantitative estimate of drug-likeness (QED) is 0.784.